The maximum absolute atomic E-state index is 13.3. The summed E-state index contributed by atoms with van der Waals surface area (Å²) >= 11 is 0. The van der Waals surface area contributed by atoms with Crippen LogP contribution in [0.25, 0.3) is 0 Å². The third-order valence-electron chi connectivity index (χ3n) is 6.56. The predicted molar refractivity (Wildman–Crippen MR) is 143 cm³/mol. The molecule has 3 aromatic carbocycles. The zero-order chi connectivity index (χ0) is 26.0. The fourth-order valence-corrected chi connectivity index (χ4v) is 4.72. The molecule has 3 N–H and O–H groups in total. The zero-order valence-corrected chi connectivity index (χ0v) is 21.2. The number of piperazine rings is 1. The minimum Gasteiger partial charge on any atom is -0.508 e. The monoisotopic (exact) mass is 501 g/mol. The molecule has 2 amide bonds. The molecule has 4 rings (SSSR count). The summed E-state index contributed by atoms with van der Waals surface area (Å²) in [5, 5.41) is 15.9. The molecule has 0 bridgehead atoms. The van der Waals surface area contributed by atoms with Gasteiger partial charge in [0.05, 0.1) is 0 Å². The first-order chi connectivity index (χ1) is 18.0. The van der Waals surface area contributed by atoms with Crippen molar-refractivity contribution < 1.29 is 19.4 Å². The number of carbonyl (C=O) groups excluding carboxylic acids is 2. The van der Waals surface area contributed by atoms with Crippen LogP contribution in [0.15, 0.2) is 78.9 Å². The van der Waals surface area contributed by atoms with Gasteiger partial charge in [-0.2, -0.15) is 0 Å². The van der Waals surface area contributed by atoms with E-state index in [1.807, 2.05) is 71.6 Å². The third-order valence-corrected chi connectivity index (χ3v) is 6.56. The number of hydrogen-bond acceptors (Lipinski definition) is 5. The molecule has 0 aliphatic carbocycles. The average molecular weight is 502 g/mol. The standard InChI is InChI=1S/C30H35N3O4/c1-22(34)32-29(20-23-7-3-2-4-8-23)37-28-10-6-5-9-25(28)13-16-30(36)33-18-17-31-21-26(33)19-24-11-14-27(35)15-12-24/h2-12,14-15,26,29,31,35H,13,16-21H2,1H3,(H,32,34). The predicted octanol–water partition coefficient (Wildman–Crippen LogP) is 3.45. The van der Waals surface area contributed by atoms with E-state index in [1.54, 1.807) is 12.1 Å². The molecule has 194 valence electrons. The van der Waals surface area contributed by atoms with Gasteiger partial charge in [0.25, 0.3) is 0 Å². The van der Waals surface area contributed by atoms with Crippen LogP contribution in [0, 0.1) is 0 Å². The number of aromatic hydroxyl groups is 1. The van der Waals surface area contributed by atoms with E-state index < -0.39 is 6.23 Å². The van der Waals surface area contributed by atoms with Crippen molar-refractivity contribution in [1.29, 1.82) is 0 Å². The Morgan fingerprint density at radius 2 is 1.76 bits per heavy atom. The number of carbonyl (C=O) groups is 2. The van der Waals surface area contributed by atoms with Crippen LogP contribution >= 0.6 is 0 Å². The number of nitrogens with one attached hydrogen (secondary N) is 2. The fourth-order valence-electron chi connectivity index (χ4n) is 4.72. The second-order valence-electron chi connectivity index (χ2n) is 9.42. The van der Waals surface area contributed by atoms with Crippen LogP contribution in [0.3, 0.4) is 0 Å². The Bertz CT molecular complexity index is 1170. The van der Waals surface area contributed by atoms with Gasteiger partial charge in [-0.25, -0.2) is 0 Å². The molecule has 2 unspecified atom stereocenters. The molecular weight excluding hydrogens is 466 g/mol. The zero-order valence-electron chi connectivity index (χ0n) is 21.2. The number of nitrogens with zero attached hydrogens (tertiary/aromatic N) is 1. The van der Waals surface area contributed by atoms with Crippen molar-refractivity contribution in [2.45, 2.75) is 44.9 Å². The lowest BCUT2D eigenvalue weighted by Gasteiger charge is -2.36. The number of hydrogen-bond donors (Lipinski definition) is 3. The lowest BCUT2D eigenvalue weighted by molar-refractivity contribution is -0.134. The summed E-state index contributed by atoms with van der Waals surface area (Å²) in [7, 11) is 0. The van der Waals surface area contributed by atoms with E-state index in [9.17, 15) is 14.7 Å². The van der Waals surface area contributed by atoms with Crippen LogP contribution in [0.4, 0.5) is 0 Å². The second-order valence-corrected chi connectivity index (χ2v) is 9.42. The van der Waals surface area contributed by atoms with Gasteiger partial charge in [-0.1, -0.05) is 60.7 Å². The molecule has 3 aromatic rings. The molecule has 37 heavy (non-hydrogen) atoms. The molecule has 1 fully saturated rings. The topological polar surface area (TPSA) is 90.9 Å². The molecule has 1 heterocycles. The number of phenols is 1. The van der Waals surface area contributed by atoms with E-state index in [0.717, 1.165) is 36.2 Å². The first-order valence-electron chi connectivity index (χ1n) is 12.8. The van der Waals surface area contributed by atoms with Gasteiger partial charge in [-0.15, -0.1) is 0 Å². The number of amides is 2. The lowest BCUT2D eigenvalue weighted by Crippen LogP contribution is -2.54. The number of para-hydroxylation sites is 1. The first-order valence-corrected chi connectivity index (χ1v) is 12.8. The Hall–Kier alpha value is -3.84. The number of rotatable bonds is 10. The van der Waals surface area contributed by atoms with Gasteiger partial charge in [0.15, 0.2) is 6.23 Å². The van der Waals surface area contributed by atoms with Crippen molar-refractivity contribution in [3.63, 3.8) is 0 Å². The molecule has 2 atom stereocenters. The third kappa shape index (κ3) is 7.82. The van der Waals surface area contributed by atoms with Crippen LogP contribution < -0.4 is 15.4 Å². The summed E-state index contributed by atoms with van der Waals surface area (Å²) in [6.07, 6.45) is 1.67. The highest BCUT2D eigenvalue weighted by atomic mass is 16.5. The SMILES string of the molecule is CC(=O)NC(Cc1ccccc1)Oc1ccccc1CCC(=O)N1CCNCC1Cc1ccc(O)cc1. The van der Waals surface area contributed by atoms with Crippen LogP contribution in [-0.4, -0.2) is 53.7 Å². The maximum Gasteiger partial charge on any atom is 0.223 e. The fraction of sp³-hybridized carbons (Fsp3) is 0.333. The van der Waals surface area contributed by atoms with Crippen molar-refractivity contribution in [2.75, 3.05) is 19.6 Å². The van der Waals surface area contributed by atoms with Crippen molar-refractivity contribution in [3.05, 3.63) is 95.6 Å². The van der Waals surface area contributed by atoms with Gasteiger partial charge in [0.2, 0.25) is 11.8 Å². The molecule has 7 nitrogen and oxygen atoms in total. The summed E-state index contributed by atoms with van der Waals surface area (Å²) in [5.41, 5.74) is 3.09. The first kappa shape index (κ1) is 26.2. The number of phenolic OH excluding ortho intramolecular Hbond substituents is 1. The lowest BCUT2D eigenvalue weighted by atomic mass is 10.0. The summed E-state index contributed by atoms with van der Waals surface area (Å²) < 4.78 is 6.26. The Morgan fingerprint density at radius 1 is 1.03 bits per heavy atom. The highest BCUT2D eigenvalue weighted by Crippen LogP contribution is 2.23. The van der Waals surface area contributed by atoms with Gasteiger partial charge >= 0.3 is 0 Å². The van der Waals surface area contributed by atoms with Crippen LogP contribution in [0.2, 0.25) is 0 Å². The maximum atomic E-state index is 13.3. The van der Waals surface area contributed by atoms with Gasteiger partial charge in [-0.3, -0.25) is 9.59 Å². The van der Waals surface area contributed by atoms with E-state index in [1.165, 1.54) is 6.92 Å². The Kier molecular flexibility index (Phi) is 9.16. The molecule has 0 saturated carbocycles. The second kappa shape index (κ2) is 12.9. The molecular formula is C30H35N3O4. The minimum absolute atomic E-state index is 0.0623. The molecule has 0 aromatic heterocycles. The highest BCUT2D eigenvalue weighted by Gasteiger charge is 2.26. The number of benzene rings is 3. The van der Waals surface area contributed by atoms with Crippen molar-refractivity contribution in [2.24, 2.45) is 0 Å². The highest BCUT2D eigenvalue weighted by molar-refractivity contribution is 5.77. The van der Waals surface area contributed by atoms with E-state index in [4.69, 9.17) is 4.74 Å². The van der Waals surface area contributed by atoms with Crippen LogP contribution in [0.5, 0.6) is 11.5 Å². The van der Waals surface area contributed by atoms with E-state index in [0.29, 0.717) is 31.6 Å². The quantitative estimate of drug-likeness (QED) is 0.370. The van der Waals surface area contributed by atoms with Gasteiger partial charge in [0, 0.05) is 45.4 Å². The van der Waals surface area contributed by atoms with Crippen molar-refractivity contribution in [3.8, 4) is 11.5 Å². The van der Waals surface area contributed by atoms with Crippen molar-refractivity contribution >= 4 is 11.8 Å². The largest absolute Gasteiger partial charge is 0.508 e. The summed E-state index contributed by atoms with van der Waals surface area (Å²) in [6, 6.07) is 24.8. The van der Waals surface area contributed by atoms with Gasteiger partial charge in [0.1, 0.15) is 11.5 Å². The molecule has 0 radical (unpaired) electrons. The van der Waals surface area contributed by atoms with E-state index in [2.05, 4.69) is 10.6 Å². The number of ether oxygens (including phenoxy) is 1. The van der Waals surface area contributed by atoms with Crippen LogP contribution in [0.1, 0.15) is 30.0 Å². The molecule has 1 saturated heterocycles. The van der Waals surface area contributed by atoms with Crippen molar-refractivity contribution in [1.82, 2.24) is 15.5 Å². The van der Waals surface area contributed by atoms with Crippen LogP contribution in [-0.2, 0) is 28.9 Å². The molecule has 1 aliphatic rings. The summed E-state index contributed by atoms with van der Waals surface area (Å²) in [5.74, 6) is 0.865. The van der Waals surface area contributed by atoms with E-state index >= 15 is 0 Å². The minimum atomic E-state index is -0.514. The number of aryl methyl sites for hydroxylation is 1. The normalized spacial score (nSPS) is 16.1. The Morgan fingerprint density at radius 3 is 2.51 bits per heavy atom. The Balaban J connectivity index is 1.40. The van der Waals surface area contributed by atoms with E-state index in [-0.39, 0.29) is 23.6 Å². The molecule has 7 heteroatoms. The van der Waals surface area contributed by atoms with Gasteiger partial charge in [-0.05, 0) is 47.7 Å². The van der Waals surface area contributed by atoms with Gasteiger partial charge < -0.3 is 25.4 Å². The molecule has 1 aliphatic heterocycles. The molecule has 0 spiro atoms. The summed E-state index contributed by atoms with van der Waals surface area (Å²) in [6.45, 7) is 3.66. The average Bonchev–Trinajstić information content (AvgIpc) is 2.90. The smallest absolute Gasteiger partial charge is 0.223 e. The Labute approximate surface area is 218 Å². The summed E-state index contributed by atoms with van der Waals surface area (Å²) in [4.78, 5) is 27.1.